The fourth-order valence-corrected chi connectivity index (χ4v) is 5.22. The van der Waals surface area contributed by atoms with Gasteiger partial charge >= 0.3 is 0 Å². The summed E-state index contributed by atoms with van der Waals surface area (Å²) in [6.45, 7) is 4.39. The third kappa shape index (κ3) is 2.04. The van der Waals surface area contributed by atoms with E-state index in [4.69, 9.17) is 0 Å². The largest absolute Gasteiger partial charge is 0.392 e. The van der Waals surface area contributed by atoms with E-state index in [1.807, 2.05) is 0 Å². The zero-order valence-electron chi connectivity index (χ0n) is 10.4. The maximum absolute atomic E-state index is 11.9. The molecule has 1 saturated heterocycles. The lowest BCUT2D eigenvalue weighted by atomic mass is 9.76. The average molecular weight is 244 g/mol. The fourth-order valence-electron chi connectivity index (χ4n) is 3.46. The van der Waals surface area contributed by atoms with Crippen molar-refractivity contribution >= 4 is 15.4 Å². The Bertz CT molecular complexity index is 342. The first-order chi connectivity index (χ1) is 7.36. The third-order valence-corrected chi connectivity index (χ3v) is 6.71. The minimum atomic E-state index is -1.82. The van der Waals surface area contributed by atoms with Crippen molar-refractivity contribution < 1.29 is 9.32 Å². The number of hydrogen-bond acceptors (Lipinski definition) is 2. The predicted molar refractivity (Wildman–Crippen MR) is 70.2 cm³/mol. The van der Waals surface area contributed by atoms with Gasteiger partial charge in [-0.1, -0.05) is 13.8 Å². The van der Waals surface area contributed by atoms with Crippen LogP contribution < -0.4 is 0 Å². The molecule has 0 amide bonds. The standard InChI is InChI=1S/C13H24O2S/c1-10(2)11-4-5-13(12(11)14)6-8-16(3,15)9-7-13/h10-12,14H,3-9H2,1-2H3. The molecule has 2 fully saturated rings. The molecule has 1 N–H and O–H groups in total. The van der Waals surface area contributed by atoms with E-state index in [0.29, 0.717) is 11.8 Å². The Hall–Kier alpha value is -0.0200. The Labute approximate surface area is 99.4 Å². The van der Waals surface area contributed by atoms with E-state index in [1.165, 1.54) is 0 Å². The monoisotopic (exact) mass is 244 g/mol. The quantitative estimate of drug-likeness (QED) is 0.715. The molecule has 0 radical (unpaired) electrons. The summed E-state index contributed by atoms with van der Waals surface area (Å²) >= 11 is 0. The number of aliphatic hydroxyl groups is 1. The van der Waals surface area contributed by atoms with Crippen LogP contribution in [0, 0.1) is 17.3 Å². The second-order valence-electron chi connectivity index (χ2n) is 6.13. The summed E-state index contributed by atoms with van der Waals surface area (Å²) in [6.07, 6.45) is 3.91. The van der Waals surface area contributed by atoms with Gasteiger partial charge in [0.2, 0.25) is 0 Å². The molecule has 3 heteroatoms. The van der Waals surface area contributed by atoms with E-state index in [9.17, 15) is 9.32 Å². The van der Waals surface area contributed by atoms with Gasteiger partial charge in [-0.15, -0.1) is 0 Å². The zero-order chi connectivity index (χ0) is 12.0. The van der Waals surface area contributed by atoms with Crippen LogP contribution in [0.3, 0.4) is 0 Å². The second-order valence-corrected chi connectivity index (χ2v) is 8.88. The van der Waals surface area contributed by atoms with Gasteiger partial charge in [-0.25, -0.2) is 0 Å². The van der Waals surface area contributed by atoms with E-state index in [1.54, 1.807) is 0 Å². The van der Waals surface area contributed by atoms with Gasteiger partial charge in [-0.05, 0) is 58.3 Å². The molecule has 1 aliphatic carbocycles. The SMILES string of the molecule is C=S1(=O)CCC2(CCC(C(C)C)C2O)CC1. The lowest BCUT2D eigenvalue weighted by Crippen LogP contribution is -2.41. The summed E-state index contributed by atoms with van der Waals surface area (Å²) in [5.74, 6) is 6.24. The van der Waals surface area contributed by atoms with Crippen LogP contribution in [0.1, 0.15) is 39.5 Å². The Balaban J connectivity index is 2.12. The normalized spacial score (nSPS) is 49.0. The molecular formula is C13H24O2S. The fraction of sp³-hybridized carbons (Fsp3) is 0.923. The van der Waals surface area contributed by atoms with Gasteiger partial charge in [0, 0.05) is 11.5 Å². The maximum atomic E-state index is 11.9. The summed E-state index contributed by atoms with van der Waals surface area (Å²) in [7, 11) is -1.82. The summed E-state index contributed by atoms with van der Waals surface area (Å²) < 4.78 is 11.9. The van der Waals surface area contributed by atoms with Gasteiger partial charge in [0.05, 0.1) is 6.10 Å². The van der Waals surface area contributed by atoms with Crippen molar-refractivity contribution in [2.45, 2.75) is 45.6 Å². The van der Waals surface area contributed by atoms with E-state index in [2.05, 4.69) is 19.7 Å². The van der Waals surface area contributed by atoms with E-state index in [-0.39, 0.29) is 11.5 Å². The molecule has 2 aliphatic rings. The molecule has 16 heavy (non-hydrogen) atoms. The molecule has 1 aliphatic heterocycles. The molecule has 2 atom stereocenters. The molecule has 1 spiro atoms. The summed E-state index contributed by atoms with van der Waals surface area (Å²) in [5.41, 5.74) is 0.0769. The predicted octanol–water partition coefficient (Wildman–Crippen LogP) is 1.91. The van der Waals surface area contributed by atoms with Crippen molar-refractivity contribution in [3.05, 3.63) is 0 Å². The van der Waals surface area contributed by atoms with Crippen LogP contribution in [0.15, 0.2) is 0 Å². The van der Waals surface area contributed by atoms with Gasteiger partial charge in [0.1, 0.15) is 0 Å². The molecular weight excluding hydrogens is 220 g/mol. The molecule has 0 bridgehead atoms. The Morgan fingerprint density at radius 1 is 1.31 bits per heavy atom. The minimum absolute atomic E-state index is 0.0769. The Morgan fingerprint density at radius 2 is 1.88 bits per heavy atom. The Kier molecular flexibility index (Phi) is 3.13. The maximum Gasteiger partial charge on any atom is 0.0627 e. The van der Waals surface area contributed by atoms with Crippen LogP contribution in [-0.2, 0) is 9.52 Å². The van der Waals surface area contributed by atoms with Gasteiger partial charge in [0.15, 0.2) is 0 Å². The van der Waals surface area contributed by atoms with Crippen LogP contribution >= 0.6 is 0 Å². The molecule has 1 heterocycles. The van der Waals surface area contributed by atoms with Crippen LogP contribution in [0.4, 0.5) is 0 Å². The topological polar surface area (TPSA) is 37.3 Å². The first kappa shape index (κ1) is 12.4. The van der Waals surface area contributed by atoms with Gasteiger partial charge in [-0.3, -0.25) is 4.21 Å². The highest BCUT2D eigenvalue weighted by Crippen LogP contribution is 2.51. The molecule has 0 aromatic carbocycles. The number of hydrogen-bond donors (Lipinski definition) is 1. The van der Waals surface area contributed by atoms with Crippen molar-refractivity contribution in [3.8, 4) is 0 Å². The van der Waals surface area contributed by atoms with Crippen LogP contribution in [0.2, 0.25) is 0 Å². The van der Waals surface area contributed by atoms with Crippen molar-refractivity contribution in [3.63, 3.8) is 0 Å². The third-order valence-electron chi connectivity index (χ3n) is 4.81. The van der Waals surface area contributed by atoms with Crippen LogP contribution in [0.5, 0.6) is 0 Å². The second kappa shape index (κ2) is 4.02. The highest BCUT2D eigenvalue weighted by Gasteiger charge is 2.49. The van der Waals surface area contributed by atoms with Crippen molar-refractivity contribution in [2.24, 2.45) is 17.3 Å². The molecule has 94 valence electrons. The highest BCUT2D eigenvalue weighted by molar-refractivity contribution is 8.00. The molecule has 0 aromatic heterocycles. The van der Waals surface area contributed by atoms with Crippen molar-refractivity contribution in [2.75, 3.05) is 11.5 Å². The minimum Gasteiger partial charge on any atom is -0.392 e. The molecule has 1 saturated carbocycles. The van der Waals surface area contributed by atoms with Gasteiger partial charge < -0.3 is 5.11 Å². The van der Waals surface area contributed by atoms with E-state index >= 15 is 0 Å². The van der Waals surface area contributed by atoms with Crippen molar-refractivity contribution in [1.29, 1.82) is 0 Å². The molecule has 2 unspecified atom stereocenters. The molecule has 0 aromatic rings. The van der Waals surface area contributed by atoms with Gasteiger partial charge in [0.25, 0.3) is 0 Å². The summed E-state index contributed by atoms with van der Waals surface area (Å²) in [5, 5.41) is 10.5. The summed E-state index contributed by atoms with van der Waals surface area (Å²) in [6, 6.07) is 0. The van der Waals surface area contributed by atoms with Crippen LogP contribution in [-0.4, -0.2) is 32.8 Å². The summed E-state index contributed by atoms with van der Waals surface area (Å²) in [4.78, 5) is 0. The smallest absolute Gasteiger partial charge is 0.0627 e. The lowest BCUT2D eigenvalue weighted by Gasteiger charge is -2.39. The van der Waals surface area contributed by atoms with Crippen LogP contribution in [0.25, 0.3) is 0 Å². The van der Waals surface area contributed by atoms with E-state index in [0.717, 1.165) is 37.2 Å². The molecule has 2 rings (SSSR count). The van der Waals surface area contributed by atoms with E-state index < -0.39 is 9.52 Å². The average Bonchev–Trinajstić information content (AvgIpc) is 2.50. The zero-order valence-corrected chi connectivity index (χ0v) is 11.3. The number of rotatable bonds is 1. The lowest BCUT2D eigenvalue weighted by molar-refractivity contribution is 0.00528. The Morgan fingerprint density at radius 3 is 2.31 bits per heavy atom. The highest BCUT2D eigenvalue weighted by atomic mass is 32.2. The number of aliphatic hydroxyl groups excluding tert-OH is 1. The molecule has 2 nitrogen and oxygen atoms in total. The van der Waals surface area contributed by atoms with Crippen molar-refractivity contribution in [1.82, 2.24) is 0 Å². The van der Waals surface area contributed by atoms with Gasteiger partial charge in [-0.2, -0.15) is 0 Å². The first-order valence-electron chi connectivity index (χ1n) is 6.37. The first-order valence-corrected chi connectivity index (χ1v) is 8.44.